The molecular formula is C17H33N5O5. The van der Waals surface area contributed by atoms with Gasteiger partial charge in [-0.1, -0.05) is 7.43 Å². The topological polar surface area (TPSA) is 102 Å². The van der Waals surface area contributed by atoms with Crippen molar-refractivity contribution in [1.82, 2.24) is 24.5 Å². The minimum absolute atomic E-state index is 0. The molecule has 0 unspecified atom stereocenters. The Bertz CT molecular complexity index is 494. The van der Waals surface area contributed by atoms with Gasteiger partial charge in [0.1, 0.15) is 0 Å². The van der Waals surface area contributed by atoms with Crippen LogP contribution < -0.4 is 0 Å². The zero-order valence-corrected chi connectivity index (χ0v) is 16.6. The summed E-state index contributed by atoms with van der Waals surface area (Å²) in [5.74, 6) is -0.525. The van der Waals surface area contributed by atoms with E-state index in [2.05, 4.69) is 0 Å². The first-order valence-electron chi connectivity index (χ1n) is 8.06. The van der Waals surface area contributed by atoms with Gasteiger partial charge < -0.3 is 24.5 Å². The van der Waals surface area contributed by atoms with E-state index in [4.69, 9.17) is 0 Å². The molecule has 0 aliphatic carbocycles. The highest BCUT2D eigenvalue weighted by Gasteiger charge is 2.27. The summed E-state index contributed by atoms with van der Waals surface area (Å²) >= 11 is 0. The molecule has 1 heterocycles. The van der Waals surface area contributed by atoms with Crippen molar-refractivity contribution < 1.29 is 24.0 Å². The Morgan fingerprint density at radius 2 is 0.852 bits per heavy atom. The molecule has 10 heteroatoms. The molecule has 1 rings (SSSR count). The Hall–Kier alpha value is -2.65. The van der Waals surface area contributed by atoms with Gasteiger partial charge in [-0.25, -0.2) is 0 Å². The van der Waals surface area contributed by atoms with Gasteiger partial charge in [0.05, 0.1) is 26.7 Å². The summed E-state index contributed by atoms with van der Waals surface area (Å²) in [6.45, 7) is 8.32. The number of hydrogen-bond donors (Lipinski definition) is 0. The molecule has 0 N–H and O–H groups in total. The van der Waals surface area contributed by atoms with Crippen molar-refractivity contribution in [2.75, 3.05) is 40.8 Å². The smallest absolute Gasteiger partial charge is 0.222 e. The molecule has 1 fully saturated rings. The quantitative estimate of drug-likeness (QED) is 0.619. The Kier molecular flexibility index (Phi) is 11.7. The van der Waals surface area contributed by atoms with E-state index < -0.39 is 0 Å². The highest BCUT2D eigenvalue weighted by atomic mass is 16.2. The molecule has 0 spiro atoms. The van der Waals surface area contributed by atoms with E-state index in [1.54, 1.807) is 14.1 Å². The molecule has 10 nitrogen and oxygen atoms in total. The molecule has 0 saturated carbocycles. The highest BCUT2D eigenvalue weighted by Crippen LogP contribution is 2.08. The summed E-state index contributed by atoms with van der Waals surface area (Å²) < 4.78 is 0. The third-order valence-electron chi connectivity index (χ3n) is 3.86. The first-order chi connectivity index (χ1) is 11.9. The van der Waals surface area contributed by atoms with E-state index in [-0.39, 0.29) is 57.0 Å². The van der Waals surface area contributed by atoms with Crippen LogP contribution in [0.15, 0.2) is 0 Å². The summed E-state index contributed by atoms with van der Waals surface area (Å²) in [5.41, 5.74) is 0. The second-order valence-electron chi connectivity index (χ2n) is 6.18. The Balaban J connectivity index is 0. The van der Waals surface area contributed by atoms with Crippen molar-refractivity contribution in [3.63, 3.8) is 0 Å². The van der Waals surface area contributed by atoms with Gasteiger partial charge in [-0.15, -0.1) is 0 Å². The summed E-state index contributed by atoms with van der Waals surface area (Å²) in [7, 11) is 3.31. The lowest BCUT2D eigenvalue weighted by molar-refractivity contribution is -0.155. The van der Waals surface area contributed by atoms with Gasteiger partial charge in [0.2, 0.25) is 29.5 Å². The molecule has 1 aliphatic heterocycles. The molecule has 156 valence electrons. The van der Waals surface area contributed by atoms with Crippen molar-refractivity contribution in [2.24, 2.45) is 0 Å². The maximum absolute atomic E-state index is 11.2. The summed E-state index contributed by atoms with van der Waals surface area (Å²) in [6, 6.07) is 0. The number of carbonyl (C=O) groups is 5. The minimum atomic E-state index is -0.146. The summed E-state index contributed by atoms with van der Waals surface area (Å²) in [4.78, 5) is 62.2. The van der Waals surface area contributed by atoms with E-state index in [1.165, 1.54) is 59.1 Å². The molecule has 0 radical (unpaired) electrons. The van der Waals surface area contributed by atoms with Crippen molar-refractivity contribution >= 4 is 29.5 Å². The maximum atomic E-state index is 11.2. The van der Waals surface area contributed by atoms with Crippen LogP contribution in [0.25, 0.3) is 0 Å². The van der Waals surface area contributed by atoms with E-state index in [0.29, 0.717) is 6.67 Å². The molecule has 1 aliphatic rings. The average molecular weight is 387 g/mol. The van der Waals surface area contributed by atoms with Crippen molar-refractivity contribution in [3.8, 4) is 0 Å². The molecule has 0 bridgehead atoms. The number of nitrogens with zero attached hydrogens (tertiary/aromatic N) is 5. The molecule has 0 aromatic carbocycles. The third kappa shape index (κ3) is 9.57. The van der Waals surface area contributed by atoms with Gasteiger partial charge in [0.15, 0.2) is 0 Å². The normalized spacial score (nSPS) is 12.9. The van der Waals surface area contributed by atoms with Gasteiger partial charge >= 0.3 is 0 Å². The van der Waals surface area contributed by atoms with Crippen LogP contribution in [0, 0.1) is 0 Å². The number of rotatable bonds is 2. The monoisotopic (exact) mass is 387 g/mol. The summed E-state index contributed by atoms with van der Waals surface area (Å²) in [5, 5.41) is 0. The Labute approximate surface area is 161 Å². The van der Waals surface area contributed by atoms with E-state index in [1.807, 2.05) is 0 Å². The van der Waals surface area contributed by atoms with Crippen molar-refractivity contribution in [2.45, 2.75) is 42.0 Å². The predicted molar refractivity (Wildman–Crippen MR) is 101 cm³/mol. The fourth-order valence-electron chi connectivity index (χ4n) is 1.87. The molecule has 1 saturated heterocycles. The lowest BCUT2D eigenvalue weighted by atomic mass is 10.4. The van der Waals surface area contributed by atoms with Gasteiger partial charge in [0, 0.05) is 48.7 Å². The van der Waals surface area contributed by atoms with Gasteiger partial charge in [-0.05, 0) is 0 Å². The van der Waals surface area contributed by atoms with Crippen molar-refractivity contribution in [3.05, 3.63) is 0 Å². The Morgan fingerprint density at radius 1 is 0.630 bits per heavy atom. The fourth-order valence-corrected chi connectivity index (χ4v) is 1.87. The summed E-state index contributed by atoms with van der Waals surface area (Å²) in [6.07, 6.45) is 0. The zero-order valence-electron chi connectivity index (χ0n) is 16.6. The molecule has 0 aromatic heterocycles. The van der Waals surface area contributed by atoms with Crippen LogP contribution in [0.4, 0.5) is 0 Å². The largest absolute Gasteiger partial charge is 0.328 e. The molecule has 27 heavy (non-hydrogen) atoms. The second-order valence-corrected chi connectivity index (χ2v) is 6.18. The van der Waals surface area contributed by atoms with Crippen LogP contribution in [0.1, 0.15) is 42.0 Å². The minimum Gasteiger partial charge on any atom is -0.328 e. The highest BCUT2D eigenvalue weighted by molar-refractivity contribution is 5.79. The first-order valence-corrected chi connectivity index (χ1v) is 8.06. The fraction of sp³-hybridized carbons (Fsp3) is 0.706. The van der Waals surface area contributed by atoms with Gasteiger partial charge in [0.25, 0.3) is 0 Å². The molecule has 5 amide bonds. The second kappa shape index (κ2) is 11.9. The number of hydrogen-bond acceptors (Lipinski definition) is 5. The number of amides is 5. The molecule has 0 atom stereocenters. The van der Waals surface area contributed by atoms with E-state index >= 15 is 0 Å². The van der Waals surface area contributed by atoms with E-state index in [9.17, 15) is 24.0 Å². The van der Waals surface area contributed by atoms with E-state index in [0.717, 1.165) is 0 Å². The van der Waals surface area contributed by atoms with Crippen LogP contribution in [-0.2, 0) is 24.0 Å². The maximum Gasteiger partial charge on any atom is 0.222 e. The SMILES string of the molecule is C.CC(=O)N(C)CN(C)C(C)=O.CC(=O)N1CN(C(C)=O)CN(C(C)=O)C1. The average Bonchev–Trinajstić information content (AvgIpc) is 2.54. The van der Waals surface area contributed by atoms with Gasteiger partial charge in [-0.3, -0.25) is 24.0 Å². The van der Waals surface area contributed by atoms with Crippen LogP contribution in [0.5, 0.6) is 0 Å². The predicted octanol–water partition coefficient (Wildman–Crippen LogP) is -0.0454. The van der Waals surface area contributed by atoms with Crippen molar-refractivity contribution in [1.29, 1.82) is 0 Å². The van der Waals surface area contributed by atoms with Crippen LogP contribution in [0.2, 0.25) is 0 Å². The lowest BCUT2D eigenvalue weighted by Gasteiger charge is -2.41. The van der Waals surface area contributed by atoms with Crippen LogP contribution in [-0.4, -0.2) is 94.8 Å². The molecule has 0 aromatic rings. The van der Waals surface area contributed by atoms with Crippen LogP contribution >= 0.6 is 0 Å². The Morgan fingerprint density at radius 3 is 1.00 bits per heavy atom. The first kappa shape index (κ1) is 26.6. The zero-order chi connectivity index (χ0) is 20.6. The third-order valence-corrected chi connectivity index (χ3v) is 3.86. The standard InChI is InChI=1S/C9H15N3O3.C7H14N2O2.CH4/c1-7(13)10-4-11(8(2)14)6-12(5-10)9(3)15;1-6(10)8(3)5-9(4)7(2)11;/h4-6H2,1-3H3;5H2,1-4H3;1H4. The number of carbonyl (C=O) groups excluding carboxylic acids is 5. The van der Waals surface area contributed by atoms with Crippen LogP contribution in [0.3, 0.4) is 0 Å². The lowest BCUT2D eigenvalue weighted by Crippen LogP contribution is -2.58. The van der Waals surface area contributed by atoms with Gasteiger partial charge in [-0.2, -0.15) is 0 Å². The molecular weight excluding hydrogens is 354 g/mol.